The maximum Gasteiger partial charge on any atom is 0.0937 e. The van der Waals surface area contributed by atoms with Gasteiger partial charge in [-0.3, -0.25) is 9.97 Å². The van der Waals surface area contributed by atoms with Crippen molar-refractivity contribution in [3.8, 4) is 50.3 Å². The summed E-state index contributed by atoms with van der Waals surface area (Å²) in [5.41, 5.74) is 18.2. The Morgan fingerprint density at radius 2 is 1.03 bits per heavy atom. The smallest absolute Gasteiger partial charge is 0.0937 e. The number of para-hydroxylation sites is 1. The van der Waals surface area contributed by atoms with E-state index in [1.165, 1.54) is 121 Å². The van der Waals surface area contributed by atoms with Crippen LogP contribution in [0.25, 0.3) is 115 Å². The molecular weight excluding hydrogens is 811 g/mol. The summed E-state index contributed by atoms with van der Waals surface area (Å²) in [4.78, 5) is 10.5. The molecule has 15 rings (SSSR count). The third-order valence-corrected chi connectivity index (χ3v) is 15.2. The topological polar surface area (TPSA) is 30.7 Å². The van der Waals surface area contributed by atoms with Crippen molar-refractivity contribution in [3.05, 3.63) is 247 Å². The molecule has 0 N–H and O–H groups in total. The van der Waals surface area contributed by atoms with E-state index in [1.54, 1.807) is 0 Å². The monoisotopic (exact) mass is 849 g/mol. The summed E-state index contributed by atoms with van der Waals surface area (Å²) in [6.45, 7) is 2.20. The van der Waals surface area contributed by atoms with E-state index >= 15 is 0 Å². The third kappa shape index (κ3) is 4.80. The molecule has 11 aromatic carbocycles. The number of rotatable bonds is 3. The van der Waals surface area contributed by atoms with E-state index in [-0.39, 0.29) is 0 Å². The molecule has 0 amide bonds. The Labute approximate surface area is 386 Å². The Kier molecular flexibility index (Phi) is 7.36. The van der Waals surface area contributed by atoms with Crippen LogP contribution in [0.4, 0.5) is 0 Å². The van der Waals surface area contributed by atoms with Gasteiger partial charge in [0.15, 0.2) is 0 Å². The first-order valence-corrected chi connectivity index (χ1v) is 23.2. The molecule has 67 heavy (non-hydrogen) atoms. The zero-order valence-electron chi connectivity index (χ0n) is 36.6. The average Bonchev–Trinajstić information content (AvgIpc) is 3.98. The number of benzene rings is 11. The van der Waals surface area contributed by atoms with Crippen LogP contribution in [0.5, 0.6) is 0 Å². The fourth-order valence-electron chi connectivity index (χ4n) is 12.5. The molecule has 2 aromatic heterocycles. The fourth-order valence-corrected chi connectivity index (χ4v) is 12.5. The summed E-state index contributed by atoms with van der Waals surface area (Å²) in [5.74, 6) is 0. The number of aryl methyl sites for hydroxylation is 1. The van der Waals surface area contributed by atoms with Gasteiger partial charge in [0.1, 0.15) is 0 Å². The van der Waals surface area contributed by atoms with Gasteiger partial charge in [-0.2, -0.15) is 0 Å². The van der Waals surface area contributed by atoms with Crippen LogP contribution < -0.4 is 0 Å². The van der Waals surface area contributed by atoms with Crippen LogP contribution in [0.3, 0.4) is 0 Å². The van der Waals surface area contributed by atoms with Gasteiger partial charge < -0.3 is 4.57 Å². The summed E-state index contributed by atoms with van der Waals surface area (Å²) in [5, 5.41) is 12.5. The third-order valence-electron chi connectivity index (χ3n) is 15.2. The quantitative estimate of drug-likeness (QED) is 0.166. The van der Waals surface area contributed by atoms with Gasteiger partial charge in [-0.05, 0) is 148 Å². The Hall–Kier alpha value is -8.66. The molecule has 0 radical (unpaired) electrons. The highest BCUT2D eigenvalue weighted by Crippen LogP contribution is 2.63. The highest BCUT2D eigenvalue weighted by Gasteiger charge is 2.54. The minimum Gasteiger partial charge on any atom is -0.309 e. The molecule has 2 aliphatic carbocycles. The number of fused-ring (bicyclic) bond motifs is 18. The van der Waals surface area contributed by atoms with Gasteiger partial charge in [0.05, 0.1) is 27.8 Å². The van der Waals surface area contributed by atoms with Crippen LogP contribution in [0, 0.1) is 6.92 Å². The molecule has 13 aromatic rings. The summed E-state index contributed by atoms with van der Waals surface area (Å²) >= 11 is 0. The van der Waals surface area contributed by atoms with E-state index in [0.29, 0.717) is 0 Å². The molecule has 0 aliphatic heterocycles. The predicted molar refractivity (Wildman–Crippen MR) is 278 cm³/mol. The number of hydrogen-bond donors (Lipinski definition) is 0. The molecule has 2 heterocycles. The Bertz CT molecular complexity index is 4240. The van der Waals surface area contributed by atoms with Gasteiger partial charge in [0.2, 0.25) is 0 Å². The summed E-state index contributed by atoms with van der Waals surface area (Å²) in [6.07, 6.45) is 3.74. The molecule has 1 spiro atoms. The number of aromatic nitrogens is 3. The molecule has 3 heteroatoms. The lowest BCUT2D eigenvalue weighted by Gasteiger charge is -2.29. The van der Waals surface area contributed by atoms with Gasteiger partial charge in [-0.15, -0.1) is 0 Å². The zero-order chi connectivity index (χ0) is 44.0. The van der Waals surface area contributed by atoms with Crippen LogP contribution in [-0.4, -0.2) is 14.5 Å². The maximum atomic E-state index is 5.36. The molecule has 2 aliphatic rings. The van der Waals surface area contributed by atoms with Crippen molar-refractivity contribution >= 4 is 64.9 Å². The first-order valence-electron chi connectivity index (χ1n) is 23.2. The second kappa shape index (κ2) is 13.4. The minimum atomic E-state index is -0.718. The van der Waals surface area contributed by atoms with Crippen molar-refractivity contribution in [1.29, 1.82) is 0 Å². The molecule has 0 saturated carbocycles. The lowest BCUT2D eigenvalue weighted by Crippen LogP contribution is -2.27. The van der Waals surface area contributed by atoms with E-state index in [2.05, 4.69) is 218 Å². The fraction of sp³-hybridized carbons (Fsp3) is 0.0312. The van der Waals surface area contributed by atoms with E-state index < -0.39 is 5.41 Å². The Morgan fingerprint density at radius 1 is 0.388 bits per heavy atom. The predicted octanol–water partition coefficient (Wildman–Crippen LogP) is 16.2. The van der Waals surface area contributed by atoms with Crippen LogP contribution in [0.2, 0.25) is 0 Å². The molecule has 0 fully saturated rings. The molecule has 0 bridgehead atoms. The average molecular weight is 850 g/mol. The second-order valence-electron chi connectivity index (χ2n) is 18.4. The van der Waals surface area contributed by atoms with Gasteiger partial charge in [0.25, 0.3) is 0 Å². The summed E-state index contributed by atoms with van der Waals surface area (Å²) in [6, 6.07) is 76.9. The highest BCUT2D eigenvalue weighted by molar-refractivity contribution is 6.24. The largest absolute Gasteiger partial charge is 0.309 e. The number of hydrogen-bond acceptors (Lipinski definition) is 2. The van der Waals surface area contributed by atoms with E-state index in [0.717, 1.165) is 22.6 Å². The van der Waals surface area contributed by atoms with Gasteiger partial charge in [0, 0.05) is 34.4 Å². The first-order chi connectivity index (χ1) is 33.2. The SMILES string of the molecule is Cc1cccc2cc(-c3c4ccccc4c(-c4ccc5c(c4)C4(c6ccccc6-c6cc7c8c9ccccc9ccc8n(-c8ccccc8)c7cc64)c4nccnc4-5)c4ccccc34)ccc12. The summed E-state index contributed by atoms with van der Waals surface area (Å²) < 4.78 is 2.47. The number of nitrogens with zero attached hydrogens (tertiary/aromatic N) is 3. The van der Waals surface area contributed by atoms with Crippen molar-refractivity contribution in [1.82, 2.24) is 14.5 Å². The standard InChI is InChI=1S/C64H39N3/c1-38-14-13-16-40-34-41(26-29-44(38)40)59-47-21-7-9-23-49(47)60(50-24-10-8-22-48(50)59)42-27-30-51-55(35-42)64(63-62(51)65-32-33-66-63)54-25-12-11-20-46(54)52-36-53-58(37-56(52)64)67(43-17-3-2-4-18-43)57-31-28-39-15-5-6-19-45(39)61(53)57/h2-37H,1H3. The van der Waals surface area contributed by atoms with Crippen molar-refractivity contribution < 1.29 is 0 Å². The van der Waals surface area contributed by atoms with Crippen LogP contribution in [0.1, 0.15) is 27.9 Å². The highest BCUT2D eigenvalue weighted by atomic mass is 15.0. The summed E-state index contributed by atoms with van der Waals surface area (Å²) in [7, 11) is 0. The first kappa shape index (κ1) is 36.7. The van der Waals surface area contributed by atoms with Crippen molar-refractivity contribution in [3.63, 3.8) is 0 Å². The normalized spacial score (nSPS) is 14.7. The second-order valence-corrected chi connectivity index (χ2v) is 18.4. The van der Waals surface area contributed by atoms with Crippen LogP contribution in [0.15, 0.2) is 219 Å². The molecule has 310 valence electrons. The van der Waals surface area contributed by atoms with Crippen molar-refractivity contribution in [2.75, 3.05) is 0 Å². The Balaban J connectivity index is 1.04. The van der Waals surface area contributed by atoms with Crippen molar-refractivity contribution in [2.24, 2.45) is 0 Å². The van der Waals surface area contributed by atoms with E-state index in [1.807, 2.05) is 12.4 Å². The van der Waals surface area contributed by atoms with E-state index in [9.17, 15) is 0 Å². The molecular formula is C64H39N3. The van der Waals surface area contributed by atoms with Gasteiger partial charge in [-0.25, -0.2) is 0 Å². The zero-order valence-corrected chi connectivity index (χ0v) is 36.6. The molecule has 1 unspecified atom stereocenters. The van der Waals surface area contributed by atoms with Crippen molar-refractivity contribution in [2.45, 2.75) is 12.3 Å². The lowest BCUT2D eigenvalue weighted by atomic mass is 9.72. The van der Waals surface area contributed by atoms with Crippen LogP contribution in [-0.2, 0) is 5.41 Å². The lowest BCUT2D eigenvalue weighted by molar-refractivity contribution is 0.757. The molecule has 1 atom stereocenters. The van der Waals surface area contributed by atoms with Gasteiger partial charge >= 0.3 is 0 Å². The maximum absolute atomic E-state index is 5.36. The van der Waals surface area contributed by atoms with Gasteiger partial charge in [-0.1, -0.05) is 164 Å². The van der Waals surface area contributed by atoms with Crippen LogP contribution >= 0.6 is 0 Å². The van der Waals surface area contributed by atoms with E-state index in [4.69, 9.17) is 9.97 Å². The molecule has 0 saturated heterocycles. The Morgan fingerprint density at radius 3 is 1.82 bits per heavy atom. The molecule has 3 nitrogen and oxygen atoms in total. The minimum absolute atomic E-state index is 0.718.